The fourth-order valence-electron chi connectivity index (χ4n) is 2.82. The first kappa shape index (κ1) is 16.2. The van der Waals surface area contributed by atoms with Gasteiger partial charge in [0.05, 0.1) is 0 Å². The number of fused-ring (bicyclic) bond motifs is 1. The lowest BCUT2D eigenvalue weighted by molar-refractivity contribution is 0.0950. The van der Waals surface area contributed by atoms with Gasteiger partial charge >= 0.3 is 0 Å². The van der Waals surface area contributed by atoms with Crippen LogP contribution in [0.1, 0.15) is 39.6 Å². The minimum absolute atomic E-state index is 0.138. The van der Waals surface area contributed by atoms with Crippen molar-refractivity contribution in [1.29, 1.82) is 0 Å². The zero-order chi connectivity index (χ0) is 17.1. The van der Waals surface area contributed by atoms with Gasteiger partial charge in [-0.05, 0) is 54.8 Å². The Morgan fingerprint density at radius 1 is 1.12 bits per heavy atom. The summed E-state index contributed by atoms with van der Waals surface area (Å²) in [6.45, 7) is 3.17. The minimum atomic E-state index is -0.372. The summed E-state index contributed by atoms with van der Waals surface area (Å²) < 4.78 is 13.0. The summed E-state index contributed by atoms with van der Waals surface area (Å²) in [5, 5.41) is 2.84. The molecule has 0 aliphatic carbocycles. The van der Waals surface area contributed by atoms with Gasteiger partial charge in [-0.1, -0.05) is 13.0 Å². The van der Waals surface area contributed by atoms with E-state index in [1.54, 1.807) is 17.0 Å². The molecule has 2 aromatic rings. The molecule has 5 heteroatoms. The maximum absolute atomic E-state index is 13.0. The maximum Gasteiger partial charge on any atom is 0.258 e. The standard InChI is InChI=1S/C19H19FN2O2/c1-2-10-21-18(23)15-4-3-13-9-11-22(17(13)12-15)19(24)14-5-7-16(20)8-6-14/h3-8,12H,2,9-11H2,1H3,(H,21,23). The Labute approximate surface area is 140 Å². The van der Waals surface area contributed by atoms with E-state index >= 15 is 0 Å². The highest BCUT2D eigenvalue weighted by Crippen LogP contribution is 2.30. The third-order valence-corrected chi connectivity index (χ3v) is 4.11. The summed E-state index contributed by atoms with van der Waals surface area (Å²) in [6, 6.07) is 11.0. The molecule has 124 valence electrons. The monoisotopic (exact) mass is 326 g/mol. The Kier molecular flexibility index (Phi) is 4.60. The van der Waals surface area contributed by atoms with Crippen LogP contribution in [0, 0.1) is 5.82 Å². The summed E-state index contributed by atoms with van der Waals surface area (Å²) in [7, 11) is 0. The minimum Gasteiger partial charge on any atom is -0.352 e. The molecule has 4 nitrogen and oxygen atoms in total. The molecule has 1 N–H and O–H groups in total. The number of hydrogen-bond acceptors (Lipinski definition) is 2. The predicted octanol–water partition coefficient (Wildman–Crippen LogP) is 3.17. The highest BCUT2D eigenvalue weighted by molar-refractivity contribution is 6.08. The second kappa shape index (κ2) is 6.83. The number of anilines is 1. The number of nitrogens with zero attached hydrogens (tertiary/aromatic N) is 1. The number of hydrogen-bond donors (Lipinski definition) is 1. The van der Waals surface area contributed by atoms with Crippen molar-refractivity contribution in [3.05, 3.63) is 65.0 Å². The summed E-state index contributed by atoms with van der Waals surface area (Å²) >= 11 is 0. The van der Waals surface area contributed by atoms with Gasteiger partial charge in [-0.2, -0.15) is 0 Å². The molecule has 0 saturated carbocycles. The molecule has 1 aliphatic rings. The Hall–Kier alpha value is -2.69. The van der Waals surface area contributed by atoms with Crippen molar-refractivity contribution in [3.8, 4) is 0 Å². The van der Waals surface area contributed by atoms with Crippen LogP contribution in [0.4, 0.5) is 10.1 Å². The molecule has 1 aliphatic heterocycles. The van der Waals surface area contributed by atoms with Gasteiger partial charge in [0.2, 0.25) is 0 Å². The first-order valence-electron chi connectivity index (χ1n) is 8.08. The van der Waals surface area contributed by atoms with E-state index in [-0.39, 0.29) is 17.6 Å². The van der Waals surface area contributed by atoms with Crippen molar-refractivity contribution >= 4 is 17.5 Å². The third-order valence-electron chi connectivity index (χ3n) is 4.11. The molecule has 0 aromatic heterocycles. The molecule has 0 spiro atoms. The van der Waals surface area contributed by atoms with Gasteiger partial charge in [0.1, 0.15) is 5.82 Å². The van der Waals surface area contributed by atoms with Crippen LogP contribution in [0.2, 0.25) is 0 Å². The molecule has 0 atom stereocenters. The number of nitrogens with one attached hydrogen (secondary N) is 1. The number of amides is 2. The molecule has 1 heterocycles. The molecule has 3 rings (SSSR count). The normalized spacial score (nSPS) is 12.8. The number of rotatable bonds is 4. The lowest BCUT2D eigenvalue weighted by Crippen LogP contribution is -2.29. The Morgan fingerprint density at radius 2 is 1.83 bits per heavy atom. The molecule has 0 fully saturated rings. The third kappa shape index (κ3) is 3.15. The maximum atomic E-state index is 13.0. The van der Waals surface area contributed by atoms with Crippen molar-refractivity contribution in [2.75, 3.05) is 18.0 Å². The highest BCUT2D eigenvalue weighted by atomic mass is 19.1. The second-order valence-electron chi connectivity index (χ2n) is 5.81. The number of halogens is 1. The van der Waals surface area contributed by atoms with Crippen molar-refractivity contribution in [3.63, 3.8) is 0 Å². The van der Waals surface area contributed by atoms with Crippen LogP contribution in [0.3, 0.4) is 0 Å². The Morgan fingerprint density at radius 3 is 2.54 bits per heavy atom. The zero-order valence-electron chi connectivity index (χ0n) is 13.5. The van der Waals surface area contributed by atoms with Gasteiger partial charge < -0.3 is 10.2 Å². The van der Waals surface area contributed by atoms with Crippen LogP contribution in [0.25, 0.3) is 0 Å². The largest absolute Gasteiger partial charge is 0.352 e. The van der Waals surface area contributed by atoms with Crippen molar-refractivity contribution in [2.24, 2.45) is 0 Å². The van der Waals surface area contributed by atoms with E-state index in [0.717, 1.165) is 24.1 Å². The van der Waals surface area contributed by atoms with Crippen LogP contribution in [-0.2, 0) is 6.42 Å². The summed E-state index contributed by atoms with van der Waals surface area (Å²) in [4.78, 5) is 26.5. The topological polar surface area (TPSA) is 49.4 Å². The summed E-state index contributed by atoms with van der Waals surface area (Å²) in [5.74, 6) is -0.691. The number of benzene rings is 2. The van der Waals surface area contributed by atoms with E-state index in [4.69, 9.17) is 0 Å². The molecule has 2 aromatic carbocycles. The first-order chi connectivity index (χ1) is 11.6. The molecule has 0 bridgehead atoms. The fraction of sp³-hybridized carbons (Fsp3) is 0.263. The van der Waals surface area contributed by atoms with E-state index in [9.17, 15) is 14.0 Å². The molecule has 0 radical (unpaired) electrons. The molecule has 24 heavy (non-hydrogen) atoms. The average Bonchev–Trinajstić information content (AvgIpc) is 3.02. The second-order valence-corrected chi connectivity index (χ2v) is 5.81. The Balaban J connectivity index is 1.86. The lowest BCUT2D eigenvalue weighted by atomic mass is 10.1. The Bertz CT molecular complexity index is 771. The van der Waals surface area contributed by atoms with Gasteiger partial charge in [-0.25, -0.2) is 4.39 Å². The molecular weight excluding hydrogens is 307 g/mol. The highest BCUT2D eigenvalue weighted by Gasteiger charge is 2.26. The van der Waals surface area contributed by atoms with Gasteiger partial charge in [-0.3, -0.25) is 9.59 Å². The van der Waals surface area contributed by atoms with Crippen molar-refractivity contribution < 1.29 is 14.0 Å². The van der Waals surface area contributed by atoms with Crippen LogP contribution in [0.15, 0.2) is 42.5 Å². The van der Waals surface area contributed by atoms with Crippen LogP contribution in [-0.4, -0.2) is 24.9 Å². The first-order valence-corrected chi connectivity index (χ1v) is 8.08. The van der Waals surface area contributed by atoms with Gasteiger partial charge in [0.15, 0.2) is 0 Å². The van der Waals surface area contributed by atoms with E-state index < -0.39 is 0 Å². The van der Waals surface area contributed by atoms with Gasteiger partial charge in [0, 0.05) is 29.9 Å². The van der Waals surface area contributed by atoms with E-state index in [0.29, 0.717) is 24.2 Å². The quantitative estimate of drug-likeness (QED) is 0.938. The molecule has 0 unspecified atom stereocenters. The predicted molar refractivity (Wildman–Crippen MR) is 90.8 cm³/mol. The number of carbonyl (C=O) groups is 2. The number of carbonyl (C=O) groups excluding carboxylic acids is 2. The fourth-order valence-corrected chi connectivity index (χ4v) is 2.82. The van der Waals surface area contributed by atoms with Crippen molar-refractivity contribution in [1.82, 2.24) is 5.32 Å². The average molecular weight is 326 g/mol. The molecular formula is C19H19FN2O2. The van der Waals surface area contributed by atoms with Crippen LogP contribution < -0.4 is 10.2 Å². The van der Waals surface area contributed by atoms with Gasteiger partial charge in [-0.15, -0.1) is 0 Å². The summed E-state index contributed by atoms with van der Waals surface area (Å²) in [6.07, 6.45) is 1.62. The lowest BCUT2D eigenvalue weighted by Gasteiger charge is -2.18. The van der Waals surface area contributed by atoms with Crippen LogP contribution in [0.5, 0.6) is 0 Å². The zero-order valence-corrected chi connectivity index (χ0v) is 13.5. The van der Waals surface area contributed by atoms with E-state index in [1.807, 2.05) is 13.0 Å². The van der Waals surface area contributed by atoms with Crippen LogP contribution >= 0.6 is 0 Å². The SMILES string of the molecule is CCCNC(=O)c1ccc2c(c1)N(C(=O)c1ccc(F)cc1)CC2. The molecule has 2 amide bonds. The van der Waals surface area contributed by atoms with Crippen molar-refractivity contribution in [2.45, 2.75) is 19.8 Å². The summed E-state index contributed by atoms with van der Waals surface area (Å²) in [5.41, 5.74) is 2.78. The van der Waals surface area contributed by atoms with E-state index in [1.165, 1.54) is 24.3 Å². The van der Waals surface area contributed by atoms with Gasteiger partial charge in [0.25, 0.3) is 11.8 Å². The smallest absolute Gasteiger partial charge is 0.258 e. The van der Waals surface area contributed by atoms with E-state index in [2.05, 4.69) is 5.32 Å². The molecule has 0 saturated heterocycles.